The number of nitrogens with two attached hydrogens (primary N) is 1. The summed E-state index contributed by atoms with van der Waals surface area (Å²) in [6.45, 7) is 2.80. The van der Waals surface area contributed by atoms with Gasteiger partial charge in [-0.3, -0.25) is 0 Å². The Labute approximate surface area is 94.2 Å². The Morgan fingerprint density at radius 1 is 1.56 bits per heavy atom. The van der Waals surface area contributed by atoms with Gasteiger partial charge >= 0.3 is 0 Å². The van der Waals surface area contributed by atoms with Gasteiger partial charge in [0.25, 0.3) is 0 Å². The smallest absolute Gasteiger partial charge is 0.170 e. The summed E-state index contributed by atoms with van der Waals surface area (Å²) < 4.78 is 13.7. The number of hydrogen-bond donors (Lipinski definition) is 2. The lowest BCUT2D eigenvalue weighted by Gasteiger charge is -2.19. The monoisotopic (exact) mass is 225 g/mol. The van der Waals surface area contributed by atoms with Crippen LogP contribution in [0, 0.1) is 5.82 Å². The van der Waals surface area contributed by atoms with Crippen LogP contribution in [-0.4, -0.2) is 24.6 Å². The van der Waals surface area contributed by atoms with Crippen molar-refractivity contribution in [3.63, 3.8) is 0 Å². The van der Waals surface area contributed by atoms with Gasteiger partial charge in [-0.15, -0.1) is 0 Å². The molecule has 0 heterocycles. The van der Waals surface area contributed by atoms with Crippen molar-refractivity contribution in [2.45, 2.75) is 13.3 Å². The van der Waals surface area contributed by atoms with E-state index in [2.05, 4.69) is 5.16 Å². The zero-order valence-electron chi connectivity index (χ0n) is 9.44. The molecule has 16 heavy (non-hydrogen) atoms. The second kappa shape index (κ2) is 5.34. The third-order valence-corrected chi connectivity index (χ3v) is 2.32. The van der Waals surface area contributed by atoms with Gasteiger partial charge in [0, 0.05) is 19.2 Å². The lowest BCUT2D eigenvalue weighted by molar-refractivity contribution is 0.318. The zero-order valence-corrected chi connectivity index (χ0v) is 9.44. The molecule has 0 aliphatic carbocycles. The first-order chi connectivity index (χ1) is 7.60. The first-order valence-electron chi connectivity index (χ1n) is 5.08. The van der Waals surface area contributed by atoms with Crippen LogP contribution in [0.25, 0.3) is 0 Å². The minimum atomic E-state index is -0.375. The van der Waals surface area contributed by atoms with Gasteiger partial charge < -0.3 is 15.8 Å². The van der Waals surface area contributed by atoms with Crippen molar-refractivity contribution in [3.05, 3.63) is 29.6 Å². The van der Waals surface area contributed by atoms with Crippen LogP contribution in [0.1, 0.15) is 18.9 Å². The average molecular weight is 225 g/mol. The van der Waals surface area contributed by atoms with Crippen molar-refractivity contribution < 1.29 is 9.60 Å². The quantitative estimate of drug-likeness (QED) is 0.355. The fourth-order valence-electron chi connectivity index (χ4n) is 1.49. The molecule has 0 bridgehead atoms. The fourth-order valence-corrected chi connectivity index (χ4v) is 1.49. The third-order valence-electron chi connectivity index (χ3n) is 2.32. The first-order valence-corrected chi connectivity index (χ1v) is 5.08. The molecule has 0 fully saturated rings. The van der Waals surface area contributed by atoms with Crippen LogP contribution >= 0.6 is 0 Å². The van der Waals surface area contributed by atoms with Crippen molar-refractivity contribution >= 4 is 11.5 Å². The van der Waals surface area contributed by atoms with E-state index in [0.29, 0.717) is 11.3 Å². The molecule has 0 amide bonds. The minimum Gasteiger partial charge on any atom is -0.409 e. The van der Waals surface area contributed by atoms with Gasteiger partial charge in [-0.05, 0) is 24.6 Å². The minimum absolute atomic E-state index is 0.0939. The highest BCUT2D eigenvalue weighted by molar-refractivity contribution is 5.97. The summed E-state index contributed by atoms with van der Waals surface area (Å²) in [6, 6.07) is 4.51. The van der Waals surface area contributed by atoms with Gasteiger partial charge in [-0.25, -0.2) is 4.39 Å². The molecule has 0 atom stereocenters. The Hall–Kier alpha value is -1.78. The lowest BCUT2D eigenvalue weighted by Crippen LogP contribution is -2.20. The number of amidine groups is 1. The van der Waals surface area contributed by atoms with E-state index in [-0.39, 0.29) is 11.7 Å². The van der Waals surface area contributed by atoms with E-state index in [0.717, 1.165) is 13.0 Å². The van der Waals surface area contributed by atoms with E-state index in [1.54, 1.807) is 12.1 Å². The largest absolute Gasteiger partial charge is 0.409 e. The molecule has 5 heteroatoms. The number of halogens is 1. The van der Waals surface area contributed by atoms with Crippen molar-refractivity contribution in [1.29, 1.82) is 0 Å². The first kappa shape index (κ1) is 12.3. The van der Waals surface area contributed by atoms with E-state index >= 15 is 0 Å². The Morgan fingerprint density at radius 2 is 2.25 bits per heavy atom. The third kappa shape index (κ3) is 2.62. The molecule has 0 aliphatic heterocycles. The van der Waals surface area contributed by atoms with Gasteiger partial charge in [0.1, 0.15) is 5.82 Å². The second-order valence-corrected chi connectivity index (χ2v) is 3.57. The highest BCUT2D eigenvalue weighted by Gasteiger charge is 2.09. The van der Waals surface area contributed by atoms with Crippen LogP contribution in [0.3, 0.4) is 0 Å². The summed E-state index contributed by atoms with van der Waals surface area (Å²) in [7, 11) is 1.82. The number of hydrogen-bond acceptors (Lipinski definition) is 3. The molecular formula is C11H16FN3O. The Kier molecular flexibility index (Phi) is 4.10. The van der Waals surface area contributed by atoms with Gasteiger partial charge in [-0.1, -0.05) is 12.1 Å². The SMILES string of the molecule is CCCN(C)c1ccc(/C(N)=N/O)cc1F. The summed E-state index contributed by atoms with van der Waals surface area (Å²) in [5.74, 6) is -0.469. The number of benzene rings is 1. The van der Waals surface area contributed by atoms with Crippen LogP contribution < -0.4 is 10.6 Å². The van der Waals surface area contributed by atoms with E-state index < -0.39 is 0 Å². The summed E-state index contributed by atoms with van der Waals surface area (Å²) >= 11 is 0. The molecule has 1 aromatic carbocycles. The molecule has 0 aliphatic rings. The maximum Gasteiger partial charge on any atom is 0.170 e. The van der Waals surface area contributed by atoms with E-state index in [4.69, 9.17) is 10.9 Å². The van der Waals surface area contributed by atoms with Gasteiger partial charge in [0.15, 0.2) is 5.84 Å². The molecule has 88 valence electrons. The average Bonchev–Trinajstić information content (AvgIpc) is 2.28. The molecule has 0 saturated heterocycles. The van der Waals surface area contributed by atoms with Crippen molar-refractivity contribution in [3.8, 4) is 0 Å². The number of anilines is 1. The molecule has 0 saturated carbocycles. The molecule has 0 aromatic heterocycles. The summed E-state index contributed by atoms with van der Waals surface area (Å²) in [5.41, 5.74) is 6.25. The van der Waals surface area contributed by atoms with E-state index in [1.807, 2.05) is 18.9 Å². The standard InChI is InChI=1S/C11H16FN3O/c1-3-6-15(2)10-5-4-8(7-9(10)12)11(13)14-16/h4-5,7,16H,3,6H2,1-2H3,(H2,13,14). The van der Waals surface area contributed by atoms with Crippen LogP contribution in [0.5, 0.6) is 0 Å². The van der Waals surface area contributed by atoms with Gasteiger partial charge in [0.05, 0.1) is 5.69 Å². The Balaban J connectivity index is 3.00. The molecule has 1 aromatic rings. The van der Waals surface area contributed by atoms with E-state index in [1.165, 1.54) is 6.07 Å². The number of rotatable bonds is 4. The van der Waals surface area contributed by atoms with Crippen LogP contribution in [0.2, 0.25) is 0 Å². The number of nitrogens with zero attached hydrogens (tertiary/aromatic N) is 2. The van der Waals surface area contributed by atoms with Crippen molar-refractivity contribution in [1.82, 2.24) is 0 Å². The van der Waals surface area contributed by atoms with Gasteiger partial charge in [0.2, 0.25) is 0 Å². The molecule has 0 unspecified atom stereocenters. The summed E-state index contributed by atoms with van der Waals surface area (Å²) in [6.07, 6.45) is 0.942. The summed E-state index contributed by atoms with van der Waals surface area (Å²) in [5, 5.41) is 11.3. The highest BCUT2D eigenvalue weighted by Crippen LogP contribution is 2.19. The van der Waals surface area contributed by atoms with Gasteiger partial charge in [-0.2, -0.15) is 0 Å². The highest BCUT2D eigenvalue weighted by atomic mass is 19.1. The zero-order chi connectivity index (χ0) is 12.1. The van der Waals surface area contributed by atoms with E-state index in [9.17, 15) is 4.39 Å². The molecule has 4 nitrogen and oxygen atoms in total. The topological polar surface area (TPSA) is 61.8 Å². The Bertz CT molecular complexity index is 393. The Morgan fingerprint density at radius 3 is 2.75 bits per heavy atom. The van der Waals surface area contributed by atoms with Crippen LogP contribution in [-0.2, 0) is 0 Å². The lowest BCUT2D eigenvalue weighted by atomic mass is 10.1. The predicted molar refractivity (Wildman–Crippen MR) is 62.5 cm³/mol. The van der Waals surface area contributed by atoms with Crippen LogP contribution in [0.4, 0.5) is 10.1 Å². The maximum atomic E-state index is 13.7. The fraction of sp³-hybridized carbons (Fsp3) is 0.364. The molecule has 0 spiro atoms. The number of oxime groups is 1. The predicted octanol–water partition coefficient (Wildman–Crippen LogP) is 1.77. The molecule has 1 rings (SSSR count). The normalized spacial score (nSPS) is 11.6. The van der Waals surface area contributed by atoms with Crippen LogP contribution in [0.15, 0.2) is 23.4 Å². The molecular weight excluding hydrogens is 209 g/mol. The maximum absolute atomic E-state index is 13.7. The molecule has 3 N–H and O–H groups in total. The molecule has 0 radical (unpaired) electrons. The summed E-state index contributed by atoms with van der Waals surface area (Å²) in [4.78, 5) is 1.82. The van der Waals surface area contributed by atoms with Crippen molar-refractivity contribution in [2.24, 2.45) is 10.9 Å². The second-order valence-electron chi connectivity index (χ2n) is 3.57. The van der Waals surface area contributed by atoms with Crippen molar-refractivity contribution in [2.75, 3.05) is 18.5 Å².